The number of hydrogen-bond acceptors (Lipinski definition) is 4. The Morgan fingerprint density at radius 3 is 2.44 bits per heavy atom. The summed E-state index contributed by atoms with van der Waals surface area (Å²) < 4.78 is 0. The van der Waals surface area contributed by atoms with Crippen molar-refractivity contribution in [3.8, 4) is 5.75 Å². The summed E-state index contributed by atoms with van der Waals surface area (Å²) in [6.45, 7) is 1.47. The molecule has 1 fully saturated rings. The summed E-state index contributed by atoms with van der Waals surface area (Å²) in [5, 5.41) is 10.2. The van der Waals surface area contributed by atoms with E-state index in [0.717, 1.165) is 30.2 Å². The lowest BCUT2D eigenvalue weighted by molar-refractivity contribution is -0.125. The zero-order valence-corrected chi connectivity index (χ0v) is 14.4. The number of benzene rings is 2. The van der Waals surface area contributed by atoms with Crippen molar-refractivity contribution in [3.63, 3.8) is 0 Å². The van der Waals surface area contributed by atoms with E-state index in [1.54, 1.807) is 30.3 Å². The normalized spacial score (nSPS) is 18.0. The summed E-state index contributed by atoms with van der Waals surface area (Å²) in [7, 11) is 0. The standard InChI is InChI=1S/C20H17NO3S/c22-17-7-3-6-14-16(12-18(23)21-8-10-25-11-9-21)13-4-1-2-5-15(13)20(24)19(14)17/h1-7,12,22H,8-11H2. The van der Waals surface area contributed by atoms with Gasteiger partial charge in [0.1, 0.15) is 5.75 Å². The van der Waals surface area contributed by atoms with Crippen LogP contribution in [0.25, 0.3) is 5.57 Å². The highest BCUT2D eigenvalue weighted by atomic mass is 32.2. The Bertz CT molecular complexity index is 898. The lowest BCUT2D eigenvalue weighted by Gasteiger charge is -2.27. The molecule has 0 spiro atoms. The van der Waals surface area contributed by atoms with Crippen LogP contribution in [0.2, 0.25) is 0 Å². The number of phenolic OH excluding ortho intramolecular Hbond substituents is 1. The Hall–Kier alpha value is -2.53. The molecule has 2 aromatic rings. The van der Waals surface area contributed by atoms with E-state index in [1.165, 1.54) is 6.07 Å². The van der Waals surface area contributed by atoms with Gasteiger partial charge in [-0.15, -0.1) is 0 Å². The number of carbonyl (C=O) groups is 2. The number of thioether (sulfide) groups is 1. The summed E-state index contributed by atoms with van der Waals surface area (Å²) in [6.07, 6.45) is 1.61. The molecule has 0 aromatic heterocycles. The number of aromatic hydroxyl groups is 1. The van der Waals surface area contributed by atoms with Crippen LogP contribution in [0.3, 0.4) is 0 Å². The van der Waals surface area contributed by atoms with Gasteiger partial charge in [-0.2, -0.15) is 11.8 Å². The van der Waals surface area contributed by atoms with Crippen molar-refractivity contribution in [2.75, 3.05) is 24.6 Å². The van der Waals surface area contributed by atoms with Crippen LogP contribution in [0.1, 0.15) is 27.0 Å². The van der Waals surface area contributed by atoms with Crippen molar-refractivity contribution in [1.82, 2.24) is 4.90 Å². The van der Waals surface area contributed by atoms with Gasteiger partial charge in [-0.25, -0.2) is 0 Å². The predicted octanol–water partition coefficient (Wildman–Crippen LogP) is 2.94. The van der Waals surface area contributed by atoms with Crippen LogP contribution in [-0.2, 0) is 4.79 Å². The lowest BCUT2D eigenvalue weighted by atomic mass is 9.80. The quantitative estimate of drug-likeness (QED) is 0.685. The van der Waals surface area contributed by atoms with E-state index in [-0.39, 0.29) is 23.0 Å². The van der Waals surface area contributed by atoms with E-state index in [4.69, 9.17) is 0 Å². The molecule has 0 saturated carbocycles. The molecule has 1 amide bonds. The highest BCUT2D eigenvalue weighted by molar-refractivity contribution is 7.99. The second-order valence-electron chi connectivity index (χ2n) is 6.07. The first kappa shape index (κ1) is 16.0. The Balaban J connectivity index is 1.86. The summed E-state index contributed by atoms with van der Waals surface area (Å²) in [6, 6.07) is 12.2. The van der Waals surface area contributed by atoms with Gasteiger partial charge >= 0.3 is 0 Å². The predicted molar refractivity (Wildman–Crippen MR) is 99.0 cm³/mol. The maximum absolute atomic E-state index is 12.8. The maximum Gasteiger partial charge on any atom is 0.247 e. The first-order chi connectivity index (χ1) is 12.2. The SMILES string of the molecule is O=C1c2ccccc2C(=CC(=O)N2CCSCC2)c2cccc(O)c21. The van der Waals surface area contributed by atoms with E-state index >= 15 is 0 Å². The number of ketones is 1. The molecule has 1 heterocycles. The Kier molecular flexibility index (Phi) is 4.09. The second-order valence-corrected chi connectivity index (χ2v) is 7.29. The third kappa shape index (κ3) is 2.74. The number of fused-ring (bicyclic) bond motifs is 2. The van der Waals surface area contributed by atoms with Crippen LogP contribution in [0.5, 0.6) is 5.75 Å². The second kappa shape index (κ2) is 6.41. The van der Waals surface area contributed by atoms with Gasteiger partial charge in [0.25, 0.3) is 0 Å². The smallest absolute Gasteiger partial charge is 0.247 e. The van der Waals surface area contributed by atoms with E-state index in [0.29, 0.717) is 16.7 Å². The zero-order valence-electron chi connectivity index (χ0n) is 13.6. The van der Waals surface area contributed by atoms with Crippen molar-refractivity contribution in [2.45, 2.75) is 0 Å². The number of phenols is 1. The molecule has 4 nitrogen and oxygen atoms in total. The van der Waals surface area contributed by atoms with Gasteiger partial charge in [0.05, 0.1) is 5.56 Å². The first-order valence-corrected chi connectivity index (χ1v) is 9.37. The highest BCUT2D eigenvalue weighted by Gasteiger charge is 2.30. The van der Waals surface area contributed by atoms with Crippen molar-refractivity contribution in [2.24, 2.45) is 0 Å². The van der Waals surface area contributed by atoms with Gasteiger partial charge in [0.2, 0.25) is 5.91 Å². The minimum atomic E-state index is -0.206. The molecular weight excluding hydrogens is 334 g/mol. The molecule has 0 radical (unpaired) electrons. The fourth-order valence-corrected chi connectivity index (χ4v) is 4.26. The van der Waals surface area contributed by atoms with Gasteiger partial charge in [0, 0.05) is 36.2 Å². The number of carbonyl (C=O) groups excluding carboxylic acids is 2. The van der Waals surface area contributed by atoms with Gasteiger partial charge < -0.3 is 10.0 Å². The van der Waals surface area contributed by atoms with Crippen LogP contribution < -0.4 is 0 Å². The van der Waals surface area contributed by atoms with Crippen molar-refractivity contribution in [3.05, 3.63) is 70.8 Å². The van der Waals surface area contributed by atoms with Gasteiger partial charge in [-0.1, -0.05) is 36.4 Å². The molecule has 2 aliphatic rings. The van der Waals surface area contributed by atoms with E-state index < -0.39 is 0 Å². The van der Waals surface area contributed by atoms with Crippen molar-refractivity contribution < 1.29 is 14.7 Å². The fourth-order valence-electron chi connectivity index (χ4n) is 3.35. The van der Waals surface area contributed by atoms with Gasteiger partial charge in [-0.05, 0) is 22.8 Å². The Labute approximate surface area is 150 Å². The third-order valence-corrected chi connectivity index (χ3v) is 5.55. The maximum atomic E-state index is 12.8. The lowest BCUT2D eigenvalue weighted by Crippen LogP contribution is -2.37. The summed E-state index contributed by atoms with van der Waals surface area (Å²) in [4.78, 5) is 27.4. The molecule has 0 bridgehead atoms. The molecule has 0 atom stereocenters. The minimum Gasteiger partial charge on any atom is -0.507 e. The van der Waals surface area contributed by atoms with Crippen LogP contribution in [0.15, 0.2) is 48.5 Å². The average Bonchev–Trinajstić information content (AvgIpc) is 2.65. The zero-order chi connectivity index (χ0) is 17.4. The topological polar surface area (TPSA) is 57.6 Å². The van der Waals surface area contributed by atoms with Crippen LogP contribution in [0.4, 0.5) is 0 Å². The molecule has 2 aromatic carbocycles. The Morgan fingerprint density at radius 2 is 1.68 bits per heavy atom. The third-order valence-electron chi connectivity index (χ3n) is 4.61. The number of nitrogens with zero attached hydrogens (tertiary/aromatic N) is 1. The molecule has 126 valence electrons. The molecule has 0 unspecified atom stereocenters. The minimum absolute atomic E-state index is 0.0475. The molecule has 25 heavy (non-hydrogen) atoms. The van der Waals surface area contributed by atoms with Crippen LogP contribution in [-0.4, -0.2) is 46.3 Å². The summed E-state index contributed by atoms with van der Waals surface area (Å²) >= 11 is 1.85. The molecule has 5 heteroatoms. The van der Waals surface area contributed by atoms with E-state index in [9.17, 15) is 14.7 Å². The first-order valence-electron chi connectivity index (χ1n) is 8.21. The number of rotatable bonds is 1. The van der Waals surface area contributed by atoms with E-state index in [1.807, 2.05) is 28.8 Å². The monoisotopic (exact) mass is 351 g/mol. The molecule has 1 aliphatic heterocycles. The molecule has 4 rings (SSSR count). The largest absolute Gasteiger partial charge is 0.507 e. The molecule has 1 aliphatic carbocycles. The van der Waals surface area contributed by atoms with Crippen LogP contribution in [0, 0.1) is 0 Å². The average molecular weight is 351 g/mol. The fraction of sp³-hybridized carbons (Fsp3) is 0.200. The van der Waals surface area contributed by atoms with Gasteiger partial charge in [0.15, 0.2) is 5.78 Å². The van der Waals surface area contributed by atoms with Crippen molar-refractivity contribution in [1.29, 1.82) is 0 Å². The van der Waals surface area contributed by atoms with Crippen molar-refractivity contribution >= 4 is 29.0 Å². The number of hydrogen-bond donors (Lipinski definition) is 1. The molecule has 1 saturated heterocycles. The molecular formula is C20H17NO3S. The van der Waals surface area contributed by atoms with Gasteiger partial charge in [-0.3, -0.25) is 9.59 Å². The summed E-state index contributed by atoms with van der Waals surface area (Å²) in [5.74, 6) is 1.59. The van der Waals surface area contributed by atoms with Crippen LogP contribution >= 0.6 is 11.8 Å². The highest BCUT2D eigenvalue weighted by Crippen LogP contribution is 2.39. The van der Waals surface area contributed by atoms with E-state index in [2.05, 4.69) is 0 Å². The molecule has 1 N–H and O–H groups in total. The number of amides is 1. The summed E-state index contributed by atoms with van der Waals surface area (Å²) in [5.41, 5.74) is 2.84. The Morgan fingerprint density at radius 1 is 1.00 bits per heavy atom.